The molecule has 1 aliphatic heterocycles. The average molecular weight is 289 g/mol. The van der Waals surface area contributed by atoms with Gasteiger partial charge in [0.1, 0.15) is 5.82 Å². The second-order valence-corrected chi connectivity index (χ2v) is 5.13. The Kier molecular flexibility index (Phi) is 3.60. The van der Waals surface area contributed by atoms with Gasteiger partial charge in [-0.3, -0.25) is 0 Å². The molecule has 5 nitrogen and oxygen atoms in total. The van der Waals surface area contributed by atoms with E-state index >= 15 is 0 Å². The van der Waals surface area contributed by atoms with E-state index in [0.29, 0.717) is 12.3 Å². The van der Waals surface area contributed by atoms with Crippen LogP contribution in [-0.2, 0) is 0 Å². The van der Waals surface area contributed by atoms with Crippen LogP contribution in [0.15, 0.2) is 34.9 Å². The van der Waals surface area contributed by atoms with E-state index in [9.17, 15) is 9.18 Å². The Balaban J connectivity index is 1.76. The molecule has 1 aromatic heterocycles. The van der Waals surface area contributed by atoms with Gasteiger partial charge in [-0.25, -0.2) is 9.18 Å². The molecule has 0 unspecified atom stereocenters. The number of halogens is 1. The molecule has 0 saturated carbocycles. The molecule has 0 aliphatic carbocycles. The zero-order chi connectivity index (χ0) is 14.8. The van der Waals surface area contributed by atoms with E-state index in [4.69, 9.17) is 4.52 Å². The molecular weight excluding hydrogens is 273 g/mol. The predicted octanol–water partition coefficient (Wildman–Crippen LogP) is 3.49. The maximum atomic E-state index is 13.6. The summed E-state index contributed by atoms with van der Waals surface area (Å²) in [6.45, 7) is 2.45. The summed E-state index contributed by atoms with van der Waals surface area (Å²) in [7, 11) is 0. The number of benzene rings is 1. The molecule has 2 amide bonds. The van der Waals surface area contributed by atoms with Gasteiger partial charge in [-0.2, -0.15) is 0 Å². The van der Waals surface area contributed by atoms with Crippen molar-refractivity contribution in [2.75, 3.05) is 11.9 Å². The Bertz CT molecular complexity index is 656. The highest BCUT2D eigenvalue weighted by Crippen LogP contribution is 2.32. The number of nitrogens with zero attached hydrogens (tertiary/aromatic N) is 2. The van der Waals surface area contributed by atoms with Crippen LogP contribution in [0.4, 0.5) is 14.9 Å². The molecule has 1 saturated heterocycles. The maximum absolute atomic E-state index is 13.6. The molecule has 2 aromatic rings. The third kappa shape index (κ3) is 2.74. The van der Waals surface area contributed by atoms with E-state index in [1.807, 2.05) is 13.0 Å². The lowest BCUT2D eigenvalue weighted by Crippen LogP contribution is -2.34. The fraction of sp³-hybridized carbons (Fsp3) is 0.333. The SMILES string of the molecule is Cc1cc([C@@H]2CCCN2C(=O)Nc2ccccc2F)on1. The number of amides is 2. The van der Waals surface area contributed by atoms with E-state index in [0.717, 1.165) is 18.5 Å². The monoisotopic (exact) mass is 289 g/mol. The Hall–Kier alpha value is -2.37. The molecule has 0 radical (unpaired) electrons. The molecule has 1 aromatic carbocycles. The van der Waals surface area contributed by atoms with Crippen LogP contribution in [-0.4, -0.2) is 22.6 Å². The van der Waals surface area contributed by atoms with Crippen LogP contribution in [0.25, 0.3) is 0 Å². The van der Waals surface area contributed by atoms with Crippen molar-refractivity contribution >= 4 is 11.7 Å². The Morgan fingerprint density at radius 2 is 2.29 bits per heavy atom. The van der Waals surface area contributed by atoms with Crippen molar-refractivity contribution in [3.05, 3.63) is 47.6 Å². The van der Waals surface area contributed by atoms with Gasteiger partial charge in [0, 0.05) is 12.6 Å². The fourth-order valence-corrected chi connectivity index (χ4v) is 2.60. The first-order valence-electron chi connectivity index (χ1n) is 6.90. The van der Waals surface area contributed by atoms with Crippen molar-refractivity contribution in [2.24, 2.45) is 0 Å². The summed E-state index contributed by atoms with van der Waals surface area (Å²) in [5.74, 6) is 0.228. The minimum absolute atomic E-state index is 0.141. The first-order valence-corrected chi connectivity index (χ1v) is 6.90. The number of carbonyl (C=O) groups excluding carboxylic acids is 1. The van der Waals surface area contributed by atoms with Crippen molar-refractivity contribution in [1.29, 1.82) is 0 Å². The van der Waals surface area contributed by atoms with Gasteiger partial charge >= 0.3 is 6.03 Å². The number of nitrogens with one attached hydrogen (secondary N) is 1. The molecule has 2 heterocycles. The van der Waals surface area contributed by atoms with E-state index in [1.54, 1.807) is 17.0 Å². The molecule has 110 valence electrons. The molecule has 0 bridgehead atoms. The molecule has 1 N–H and O–H groups in total. The minimum Gasteiger partial charge on any atom is -0.359 e. The van der Waals surface area contributed by atoms with Crippen LogP contribution in [0.3, 0.4) is 0 Å². The normalized spacial score (nSPS) is 18.0. The molecule has 21 heavy (non-hydrogen) atoms. The second kappa shape index (κ2) is 5.55. The Morgan fingerprint density at radius 3 is 3.00 bits per heavy atom. The van der Waals surface area contributed by atoms with Crippen molar-refractivity contribution < 1.29 is 13.7 Å². The molecule has 6 heteroatoms. The fourth-order valence-electron chi connectivity index (χ4n) is 2.60. The van der Waals surface area contributed by atoms with Crippen molar-refractivity contribution in [3.8, 4) is 0 Å². The summed E-state index contributed by atoms with van der Waals surface area (Å²) < 4.78 is 18.9. The molecular formula is C15H16FN3O2. The molecule has 1 fully saturated rings. The zero-order valence-corrected chi connectivity index (χ0v) is 11.7. The van der Waals surface area contributed by atoms with Gasteiger partial charge in [-0.1, -0.05) is 17.3 Å². The molecule has 0 spiro atoms. The lowest BCUT2D eigenvalue weighted by molar-refractivity contribution is 0.195. The minimum atomic E-state index is -0.447. The van der Waals surface area contributed by atoms with Gasteiger partial charge in [0.2, 0.25) is 0 Å². The lowest BCUT2D eigenvalue weighted by atomic mass is 10.1. The quantitative estimate of drug-likeness (QED) is 0.920. The van der Waals surface area contributed by atoms with Gasteiger partial charge in [0.15, 0.2) is 5.76 Å². The molecule has 1 aliphatic rings. The number of aryl methyl sites for hydroxylation is 1. The molecule has 3 rings (SSSR count). The first-order chi connectivity index (χ1) is 10.1. The van der Waals surface area contributed by atoms with Gasteiger partial charge in [0.25, 0.3) is 0 Å². The Labute approximate surface area is 121 Å². The third-order valence-corrected chi connectivity index (χ3v) is 3.60. The number of hydrogen-bond acceptors (Lipinski definition) is 3. The topological polar surface area (TPSA) is 58.4 Å². The lowest BCUT2D eigenvalue weighted by Gasteiger charge is -2.23. The standard InChI is InChI=1S/C15H16FN3O2/c1-10-9-14(21-18-10)13-7-4-8-19(13)15(20)17-12-6-3-2-5-11(12)16/h2-3,5-6,9,13H,4,7-8H2,1H3,(H,17,20)/t13-/m0/s1. The van der Waals surface area contributed by atoms with Crippen LogP contribution in [0.1, 0.15) is 30.3 Å². The number of carbonyl (C=O) groups is 1. The number of anilines is 1. The average Bonchev–Trinajstić information content (AvgIpc) is 3.09. The van der Waals surface area contributed by atoms with Gasteiger partial charge in [-0.15, -0.1) is 0 Å². The van der Waals surface area contributed by atoms with Crippen molar-refractivity contribution in [2.45, 2.75) is 25.8 Å². The van der Waals surface area contributed by atoms with Gasteiger partial charge < -0.3 is 14.7 Å². The van der Waals surface area contributed by atoms with Crippen molar-refractivity contribution in [3.63, 3.8) is 0 Å². The molecule has 1 atom stereocenters. The number of aromatic nitrogens is 1. The van der Waals surface area contributed by atoms with Crippen LogP contribution in [0.5, 0.6) is 0 Å². The number of rotatable bonds is 2. The highest BCUT2D eigenvalue weighted by atomic mass is 19.1. The van der Waals surface area contributed by atoms with Crippen LogP contribution < -0.4 is 5.32 Å². The van der Waals surface area contributed by atoms with E-state index in [-0.39, 0.29) is 17.8 Å². The number of para-hydroxylation sites is 1. The highest BCUT2D eigenvalue weighted by Gasteiger charge is 2.32. The van der Waals surface area contributed by atoms with Gasteiger partial charge in [-0.05, 0) is 31.9 Å². The Morgan fingerprint density at radius 1 is 1.48 bits per heavy atom. The van der Waals surface area contributed by atoms with Crippen LogP contribution in [0, 0.1) is 12.7 Å². The van der Waals surface area contributed by atoms with Crippen molar-refractivity contribution in [1.82, 2.24) is 10.1 Å². The number of urea groups is 1. The van der Waals surface area contributed by atoms with Crippen LogP contribution in [0.2, 0.25) is 0 Å². The summed E-state index contributed by atoms with van der Waals surface area (Å²) in [4.78, 5) is 14.0. The first kappa shape index (κ1) is 13.6. The van der Waals surface area contributed by atoms with E-state index < -0.39 is 5.82 Å². The number of hydrogen-bond donors (Lipinski definition) is 1. The maximum Gasteiger partial charge on any atom is 0.322 e. The highest BCUT2D eigenvalue weighted by molar-refractivity contribution is 5.89. The predicted molar refractivity (Wildman–Crippen MR) is 75.3 cm³/mol. The largest absolute Gasteiger partial charge is 0.359 e. The third-order valence-electron chi connectivity index (χ3n) is 3.60. The van der Waals surface area contributed by atoms with Crippen LogP contribution >= 0.6 is 0 Å². The summed E-state index contributed by atoms with van der Waals surface area (Å²) in [5.41, 5.74) is 0.966. The smallest absolute Gasteiger partial charge is 0.322 e. The number of likely N-dealkylation sites (tertiary alicyclic amines) is 1. The summed E-state index contributed by atoms with van der Waals surface area (Å²) in [6.07, 6.45) is 1.70. The second-order valence-electron chi connectivity index (χ2n) is 5.13. The summed E-state index contributed by atoms with van der Waals surface area (Å²) in [6, 6.07) is 7.49. The van der Waals surface area contributed by atoms with E-state index in [2.05, 4.69) is 10.5 Å². The van der Waals surface area contributed by atoms with Gasteiger partial charge in [0.05, 0.1) is 17.4 Å². The summed E-state index contributed by atoms with van der Waals surface area (Å²) >= 11 is 0. The zero-order valence-electron chi connectivity index (χ0n) is 11.7. The summed E-state index contributed by atoms with van der Waals surface area (Å²) in [5, 5.41) is 6.47. The van der Waals surface area contributed by atoms with E-state index in [1.165, 1.54) is 12.1 Å².